The quantitative estimate of drug-likeness (QED) is 0.757. The van der Waals surface area contributed by atoms with E-state index in [2.05, 4.69) is 18.7 Å². The van der Waals surface area contributed by atoms with Gasteiger partial charge in [-0.3, -0.25) is 4.79 Å². The van der Waals surface area contributed by atoms with Gasteiger partial charge < -0.3 is 10.0 Å². The first-order valence-electron chi connectivity index (χ1n) is 5.56. The minimum atomic E-state index is -0.916. The van der Waals surface area contributed by atoms with Crippen LogP contribution in [0, 0.1) is 5.41 Å². The van der Waals surface area contributed by atoms with Crippen LogP contribution < -0.4 is 0 Å². The van der Waals surface area contributed by atoms with E-state index in [-0.39, 0.29) is 0 Å². The van der Waals surface area contributed by atoms with E-state index in [0.717, 1.165) is 25.9 Å². The number of hydrogen-bond acceptors (Lipinski definition) is 2. The minimum absolute atomic E-state index is 0.446. The van der Waals surface area contributed by atoms with Crippen LogP contribution >= 0.6 is 11.6 Å². The van der Waals surface area contributed by atoms with Gasteiger partial charge in [0.1, 0.15) is 5.38 Å². The van der Waals surface area contributed by atoms with Crippen LogP contribution in [0.4, 0.5) is 0 Å². The molecule has 0 bridgehead atoms. The molecule has 0 aromatic heterocycles. The molecular formula is C11H20ClNO2. The third-order valence-corrected chi connectivity index (χ3v) is 3.93. The molecule has 1 saturated heterocycles. The van der Waals surface area contributed by atoms with Crippen molar-refractivity contribution >= 4 is 17.6 Å². The average molecular weight is 234 g/mol. The molecule has 0 aromatic rings. The molecule has 1 fully saturated rings. The molecule has 3 nitrogen and oxygen atoms in total. The number of carboxylic acids is 1. The number of alkyl halides is 1. The van der Waals surface area contributed by atoms with Gasteiger partial charge in [0.2, 0.25) is 0 Å². The Morgan fingerprint density at radius 1 is 1.53 bits per heavy atom. The lowest BCUT2D eigenvalue weighted by Gasteiger charge is -2.39. The van der Waals surface area contributed by atoms with Crippen LogP contribution in [0.5, 0.6) is 0 Å². The van der Waals surface area contributed by atoms with Crippen molar-refractivity contribution in [2.75, 3.05) is 19.6 Å². The number of likely N-dealkylation sites (tertiary alicyclic amines) is 1. The normalized spacial score (nSPS) is 23.7. The summed E-state index contributed by atoms with van der Waals surface area (Å²) in [5.41, 5.74) is 0.446. The largest absolute Gasteiger partial charge is 0.480 e. The lowest BCUT2D eigenvalue weighted by molar-refractivity contribution is -0.137. The van der Waals surface area contributed by atoms with Gasteiger partial charge in [0.25, 0.3) is 0 Å². The predicted molar refractivity (Wildman–Crippen MR) is 61.3 cm³/mol. The number of carbonyl (C=O) groups is 1. The standard InChI is InChI=1S/C11H20ClNO2/c1-3-11(2)4-6-13(7-5-11)8-9(12)10(14)15/h9H,3-8H2,1-2H3,(H,14,15). The fourth-order valence-electron chi connectivity index (χ4n) is 1.93. The maximum atomic E-state index is 10.6. The van der Waals surface area contributed by atoms with Gasteiger partial charge in [0.15, 0.2) is 0 Å². The van der Waals surface area contributed by atoms with Crippen LogP contribution in [0.25, 0.3) is 0 Å². The van der Waals surface area contributed by atoms with Crippen LogP contribution in [0.3, 0.4) is 0 Å². The lowest BCUT2D eigenvalue weighted by atomic mass is 9.78. The van der Waals surface area contributed by atoms with Gasteiger partial charge in [0, 0.05) is 6.54 Å². The van der Waals surface area contributed by atoms with Crippen molar-refractivity contribution in [3.63, 3.8) is 0 Å². The topological polar surface area (TPSA) is 40.5 Å². The summed E-state index contributed by atoms with van der Waals surface area (Å²) in [6, 6.07) is 0. The van der Waals surface area contributed by atoms with Gasteiger partial charge in [-0.05, 0) is 31.3 Å². The Hall–Kier alpha value is -0.280. The van der Waals surface area contributed by atoms with E-state index in [0.29, 0.717) is 12.0 Å². The molecule has 0 spiro atoms. The van der Waals surface area contributed by atoms with E-state index >= 15 is 0 Å². The number of nitrogens with zero attached hydrogens (tertiary/aromatic N) is 1. The van der Waals surface area contributed by atoms with Crippen molar-refractivity contribution in [3.05, 3.63) is 0 Å². The van der Waals surface area contributed by atoms with Gasteiger partial charge in [-0.1, -0.05) is 20.3 Å². The smallest absolute Gasteiger partial charge is 0.322 e. The zero-order valence-corrected chi connectivity index (χ0v) is 10.3. The molecule has 15 heavy (non-hydrogen) atoms. The Morgan fingerprint density at radius 2 is 2.07 bits per heavy atom. The summed E-state index contributed by atoms with van der Waals surface area (Å²) in [5.74, 6) is -0.916. The van der Waals surface area contributed by atoms with Crippen LogP contribution in [-0.4, -0.2) is 41.0 Å². The zero-order valence-electron chi connectivity index (χ0n) is 9.50. The van der Waals surface area contributed by atoms with E-state index in [4.69, 9.17) is 16.7 Å². The molecule has 1 atom stereocenters. The monoisotopic (exact) mass is 233 g/mol. The van der Waals surface area contributed by atoms with Crippen LogP contribution in [0.1, 0.15) is 33.1 Å². The highest BCUT2D eigenvalue weighted by Gasteiger charge is 2.29. The van der Waals surface area contributed by atoms with Gasteiger partial charge in [-0.15, -0.1) is 11.6 Å². The van der Waals surface area contributed by atoms with Crippen LogP contribution in [0.15, 0.2) is 0 Å². The SMILES string of the molecule is CCC1(C)CCN(CC(Cl)C(=O)O)CC1. The summed E-state index contributed by atoms with van der Waals surface area (Å²) in [6.45, 7) is 6.94. The van der Waals surface area contributed by atoms with Crippen molar-refractivity contribution in [2.45, 2.75) is 38.5 Å². The lowest BCUT2D eigenvalue weighted by Crippen LogP contribution is -2.42. The second-order valence-corrected chi connectivity index (χ2v) is 5.30. The second-order valence-electron chi connectivity index (χ2n) is 4.77. The molecular weight excluding hydrogens is 214 g/mol. The van der Waals surface area contributed by atoms with Crippen molar-refractivity contribution in [1.82, 2.24) is 4.90 Å². The maximum Gasteiger partial charge on any atom is 0.322 e. The van der Waals surface area contributed by atoms with Gasteiger partial charge in [0.05, 0.1) is 0 Å². The van der Waals surface area contributed by atoms with E-state index < -0.39 is 11.3 Å². The number of hydrogen-bond donors (Lipinski definition) is 1. The summed E-state index contributed by atoms with van der Waals surface area (Å²) in [7, 11) is 0. The van der Waals surface area contributed by atoms with Gasteiger partial charge in [-0.25, -0.2) is 0 Å². The van der Waals surface area contributed by atoms with Crippen LogP contribution in [-0.2, 0) is 4.79 Å². The maximum absolute atomic E-state index is 10.6. The first-order chi connectivity index (χ1) is 6.97. The van der Waals surface area contributed by atoms with E-state index in [9.17, 15) is 4.79 Å². The number of carboxylic acid groups (broad SMARTS) is 1. The summed E-state index contributed by atoms with van der Waals surface area (Å²) in [4.78, 5) is 12.8. The van der Waals surface area contributed by atoms with Gasteiger partial charge in [-0.2, -0.15) is 0 Å². The molecule has 0 aliphatic carbocycles. The fraction of sp³-hybridized carbons (Fsp3) is 0.909. The predicted octanol–water partition coefficient (Wildman–Crippen LogP) is 2.19. The van der Waals surface area contributed by atoms with Crippen LogP contribution in [0.2, 0.25) is 0 Å². The second kappa shape index (κ2) is 5.17. The number of halogens is 1. The van der Waals surface area contributed by atoms with E-state index in [1.807, 2.05) is 0 Å². The molecule has 0 radical (unpaired) electrons. The summed E-state index contributed by atoms with van der Waals surface area (Å²) in [5, 5.41) is 7.94. The fourth-order valence-corrected chi connectivity index (χ4v) is 2.13. The third kappa shape index (κ3) is 3.65. The number of rotatable bonds is 4. The number of piperidine rings is 1. The molecule has 1 unspecified atom stereocenters. The molecule has 4 heteroatoms. The Kier molecular flexibility index (Phi) is 4.41. The molecule has 1 N–H and O–H groups in total. The summed E-state index contributed by atoms with van der Waals surface area (Å²) >= 11 is 5.71. The Bertz CT molecular complexity index is 225. The van der Waals surface area contributed by atoms with Crippen molar-refractivity contribution in [2.24, 2.45) is 5.41 Å². The molecule has 0 aromatic carbocycles. The molecule has 1 heterocycles. The van der Waals surface area contributed by atoms with Crippen molar-refractivity contribution < 1.29 is 9.90 Å². The van der Waals surface area contributed by atoms with Gasteiger partial charge >= 0.3 is 5.97 Å². The van der Waals surface area contributed by atoms with E-state index in [1.54, 1.807) is 0 Å². The first kappa shape index (κ1) is 12.8. The Labute approximate surface area is 96.4 Å². The molecule has 1 aliphatic heterocycles. The molecule has 88 valence electrons. The van der Waals surface area contributed by atoms with Crippen molar-refractivity contribution in [1.29, 1.82) is 0 Å². The highest BCUT2D eigenvalue weighted by Crippen LogP contribution is 2.33. The summed E-state index contributed by atoms with van der Waals surface area (Å²) in [6.07, 6.45) is 3.49. The molecule has 0 amide bonds. The third-order valence-electron chi connectivity index (χ3n) is 3.60. The number of aliphatic carboxylic acids is 1. The van der Waals surface area contributed by atoms with E-state index in [1.165, 1.54) is 6.42 Å². The molecule has 1 aliphatic rings. The first-order valence-corrected chi connectivity index (χ1v) is 6.00. The minimum Gasteiger partial charge on any atom is -0.480 e. The zero-order chi connectivity index (χ0) is 11.5. The highest BCUT2D eigenvalue weighted by atomic mass is 35.5. The van der Waals surface area contributed by atoms with Crippen molar-refractivity contribution in [3.8, 4) is 0 Å². The average Bonchev–Trinajstić information content (AvgIpc) is 2.21. The molecule has 0 saturated carbocycles. The summed E-state index contributed by atoms with van der Waals surface area (Å²) < 4.78 is 0. The Morgan fingerprint density at radius 3 is 2.47 bits per heavy atom. The molecule has 1 rings (SSSR count). The highest BCUT2D eigenvalue weighted by molar-refractivity contribution is 6.29. The Balaban J connectivity index is 2.35.